The van der Waals surface area contributed by atoms with Gasteiger partial charge in [0.15, 0.2) is 0 Å². The molecule has 0 bridgehead atoms. The number of aromatic nitrogens is 2. The van der Waals surface area contributed by atoms with Crippen LogP contribution in [0.15, 0.2) is 309 Å². The lowest BCUT2D eigenvalue weighted by Crippen LogP contribution is -2.09. The van der Waals surface area contributed by atoms with Crippen LogP contribution in [0.4, 0.5) is 17.1 Å². The summed E-state index contributed by atoms with van der Waals surface area (Å²) in [5.41, 5.74) is 22.0. The van der Waals surface area contributed by atoms with E-state index in [1.807, 2.05) is 0 Å². The molecule has 3 nitrogen and oxygen atoms in total. The SMILES string of the molecule is c1ccc(-c2ccc(N(c3ccc(-c4ccccc4)cc3)c3ccc(-c4cc(-c5ccc6c(c5)c5ccccc5n6-c5ccccc5)cc(-c5ccc6c(c5)c5cc7ccccc7cc5n6-c5ccccc5)c4)cc3)cc2)cc1. The number of nitrogens with zero attached hydrogens (tertiary/aromatic N) is 3. The molecule has 0 fully saturated rings. The van der Waals surface area contributed by atoms with Crippen molar-refractivity contribution in [1.29, 1.82) is 0 Å². The number of para-hydroxylation sites is 3. The van der Waals surface area contributed by atoms with Crippen molar-refractivity contribution in [3.63, 3.8) is 0 Å². The maximum atomic E-state index is 2.42. The molecule has 15 aromatic rings. The maximum Gasteiger partial charge on any atom is 0.0547 e. The fourth-order valence-corrected chi connectivity index (χ4v) is 12.0. The van der Waals surface area contributed by atoms with Crippen LogP contribution in [0.5, 0.6) is 0 Å². The normalized spacial score (nSPS) is 11.5. The van der Waals surface area contributed by atoms with Crippen LogP contribution in [0.25, 0.3) is 121 Å². The van der Waals surface area contributed by atoms with Crippen molar-refractivity contribution in [2.24, 2.45) is 0 Å². The Labute approximate surface area is 459 Å². The maximum absolute atomic E-state index is 2.42. The van der Waals surface area contributed by atoms with E-state index in [2.05, 4.69) is 323 Å². The first-order valence-electron chi connectivity index (χ1n) is 27.1. The quantitative estimate of drug-likeness (QED) is 0.133. The van der Waals surface area contributed by atoms with Gasteiger partial charge in [0.05, 0.1) is 22.1 Å². The summed E-state index contributed by atoms with van der Waals surface area (Å²) in [5, 5.41) is 7.38. The highest BCUT2D eigenvalue weighted by atomic mass is 15.1. The molecule has 0 aliphatic heterocycles. The zero-order valence-corrected chi connectivity index (χ0v) is 43.3. The third-order valence-corrected chi connectivity index (χ3v) is 15.9. The van der Waals surface area contributed by atoms with Crippen molar-refractivity contribution in [1.82, 2.24) is 9.13 Å². The van der Waals surface area contributed by atoms with E-state index in [1.54, 1.807) is 0 Å². The molecule has 0 N–H and O–H groups in total. The third-order valence-electron chi connectivity index (χ3n) is 15.9. The second-order valence-corrected chi connectivity index (χ2v) is 20.5. The Kier molecular flexibility index (Phi) is 11.2. The summed E-state index contributed by atoms with van der Waals surface area (Å²) in [6.07, 6.45) is 0. The highest BCUT2D eigenvalue weighted by Crippen LogP contribution is 2.43. The van der Waals surface area contributed by atoms with Gasteiger partial charge in [-0.1, -0.05) is 188 Å². The Morgan fingerprint density at radius 2 is 0.519 bits per heavy atom. The summed E-state index contributed by atoms with van der Waals surface area (Å²) in [7, 11) is 0. The molecule has 3 heteroatoms. The highest BCUT2D eigenvalue weighted by molar-refractivity contribution is 6.15. The van der Waals surface area contributed by atoms with Crippen molar-refractivity contribution < 1.29 is 0 Å². The van der Waals surface area contributed by atoms with Gasteiger partial charge in [0.2, 0.25) is 0 Å². The molecule has 0 unspecified atom stereocenters. The molecule has 2 aromatic heterocycles. The summed E-state index contributed by atoms with van der Waals surface area (Å²) in [6, 6.07) is 113. The second kappa shape index (κ2) is 19.3. The van der Waals surface area contributed by atoms with E-state index in [-0.39, 0.29) is 0 Å². The van der Waals surface area contributed by atoms with E-state index < -0.39 is 0 Å². The van der Waals surface area contributed by atoms with Gasteiger partial charge in [0, 0.05) is 50.0 Å². The molecule has 0 aliphatic rings. The average Bonchev–Trinajstić information content (AvgIpc) is 4.04. The van der Waals surface area contributed by atoms with E-state index in [0.29, 0.717) is 0 Å². The molecule has 13 aromatic carbocycles. The standard InChI is InChI=1S/C76H51N3/c1-5-17-52(18-6-1)54-29-37-66(38-30-54)77(67-39-31-55(32-40-67)53-19-7-2-8-20-53)68-41-33-56(34-42-68)61-45-62(59-35-43-74-70(49-59)69-27-15-16-28-73(69)78(74)64-23-9-3-10-24-64)47-63(46-61)60-36-44-75-71(50-60)72-48-57-21-13-14-22-58(57)51-76(72)79(75)65-25-11-4-12-26-65/h1-51H. The summed E-state index contributed by atoms with van der Waals surface area (Å²) in [6.45, 7) is 0. The molecular formula is C76H51N3. The lowest BCUT2D eigenvalue weighted by Gasteiger charge is -2.26. The molecule has 0 spiro atoms. The zero-order valence-electron chi connectivity index (χ0n) is 43.3. The second-order valence-electron chi connectivity index (χ2n) is 20.5. The highest BCUT2D eigenvalue weighted by Gasteiger charge is 2.19. The number of hydrogen-bond donors (Lipinski definition) is 0. The smallest absolute Gasteiger partial charge is 0.0547 e. The molecular weight excluding hydrogens is 955 g/mol. The molecule has 0 atom stereocenters. The van der Waals surface area contributed by atoms with E-state index in [4.69, 9.17) is 0 Å². The number of hydrogen-bond acceptors (Lipinski definition) is 1. The van der Waals surface area contributed by atoms with Crippen LogP contribution in [-0.2, 0) is 0 Å². The third kappa shape index (κ3) is 8.24. The molecule has 0 saturated carbocycles. The van der Waals surface area contributed by atoms with Crippen molar-refractivity contribution >= 4 is 71.4 Å². The van der Waals surface area contributed by atoms with Crippen LogP contribution < -0.4 is 4.90 Å². The summed E-state index contributed by atoms with van der Waals surface area (Å²) < 4.78 is 4.81. The summed E-state index contributed by atoms with van der Waals surface area (Å²) in [5.74, 6) is 0. The Balaban J connectivity index is 0.889. The van der Waals surface area contributed by atoms with Gasteiger partial charge in [-0.2, -0.15) is 0 Å². The van der Waals surface area contributed by atoms with E-state index >= 15 is 0 Å². The van der Waals surface area contributed by atoms with Crippen molar-refractivity contribution in [3.05, 3.63) is 309 Å². The number of rotatable bonds is 10. The monoisotopic (exact) mass is 1010 g/mol. The fourth-order valence-electron chi connectivity index (χ4n) is 12.0. The first-order valence-corrected chi connectivity index (χ1v) is 27.1. The Hall–Kier alpha value is -10.5. The first kappa shape index (κ1) is 45.9. The summed E-state index contributed by atoms with van der Waals surface area (Å²) >= 11 is 0. The van der Waals surface area contributed by atoms with E-state index in [9.17, 15) is 0 Å². The number of fused-ring (bicyclic) bond motifs is 7. The largest absolute Gasteiger partial charge is 0.311 e. The van der Waals surface area contributed by atoms with Gasteiger partial charge in [-0.15, -0.1) is 0 Å². The summed E-state index contributed by atoms with van der Waals surface area (Å²) in [4.78, 5) is 2.36. The van der Waals surface area contributed by atoms with Crippen LogP contribution in [0.3, 0.4) is 0 Å². The predicted octanol–water partition coefficient (Wildman–Crippen LogP) is 20.8. The molecule has 2 heterocycles. The molecule has 0 radical (unpaired) electrons. The fraction of sp³-hybridized carbons (Fsp3) is 0. The molecule has 15 rings (SSSR count). The van der Waals surface area contributed by atoms with Crippen LogP contribution >= 0.6 is 0 Å². The Morgan fingerprint density at radius 1 is 0.190 bits per heavy atom. The lowest BCUT2D eigenvalue weighted by molar-refractivity contribution is 1.18. The molecule has 370 valence electrons. The van der Waals surface area contributed by atoms with Crippen molar-refractivity contribution in [2.75, 3.05) is 4.90 Å². The van der Waals surface area contributed by atoms with Crippen LogP contribution in [0.2, 0.25) is 0 Å². The minimum Gasteiger partial charge on any atom is -0.311 e. The molecule has 0 saturated heterocycles. The van der Waals surface area contributed by atoms with Crippen molar-refractivity contribution in [3.8, 4) is 67.0 Å². The van der Waals surface area contributed by atoms with Gasteiger partial charge in [0.1, 0.15) is 0 Å². The van der Waals surface area contributed by atoms with Gasteiger partial charge >= 0.3 is 0 Å². The van der Waals surface area contributed by atoms with Gasteiger partial charge in [-0.3, -0.25) is 0 Å². The molecule has 0 aliphatic carbocycles. The average molecular weight is 1010 g/mol. The molecule has 79 heavy (non-hydrogen) atoms. The molecule has 0 amide bonds. The minimum atomic E-state index is 1.08. The van der Waals surface area contributed by atoms with Crippen LogP contribution in [0, 0.1) is 0 Å². The van der Waals surface area contributed by atoms with Gasteiger partial charge in [-0.05, 0) is 188 Å². The Morgan fingerprint density at radius 3 is 1.01 bits per heavy atom. The first-order chi connectivity index (χ1) is 39.1. The Bertz CT molecular complexity index is 4630. The minimum absolute atomic E-state index is 1.08. The predicted molar refractivity (Wildman–Crippen MR) is 334 cm³/mol. The number of benzene rings is 13. The van der Waals surface area contributed by atoms with Crippen molar-refractivity contribution in [2.45, 2.75) is 0 Å². The van der Waals surface area contributed by atoms with E-state index in [0.717, 1.165) is 50.7 Å². The van der Waals surface area contributed by atoms with Gasteiger partial charge < -0.3 is 14.0 Å². The van der Waals surface area contributed by atoms with Gasteiger partial charge in [0.25, 0.3) is 0 Å². The van der Waals surface area contributed by atoms with Gasteiger partial charge in [-0.25, -0.2) is 0 Å². The van der Waals surface area contributed by atoms with Crippen LogP contribution in [-0.4, -0.2) is 9.13 Å². The van der Waals surface area contributed by atoms with Crippen LogP contribution in [0.1, 0.15) is 0 Å². The number of anilines is 3. The topological polar surface area (TPSA) is 13.1 Å². The van der Waals surface area contributed by atoms with E-state index in [1.165, 1.54) is 87.8 Å². The lowest BCUT2D eigenvalue weighted by atomic mass is 9.92. The zero-order chi connectivity index (χ0) is 52.2.